The van der Waals surface area contributed by atoms with Crippen molar-refractivity contribution in [1.82, 2.24) is 0 Å². The number of para-hydroxylation sites is 1. The lowest BCUT2D eigenvalue weighted by Crippen LogP contribution is -2.11. The molecule has 1 heterocycles. The summed E-state index contributed by atoms with van der Waals surface area (Å²) in [7, 11) is 0. The van der Waals surface area contributed by atoms with Crippen LogP contribution in [0.3, 0.4) is 0 Å². The van der Waals surface area contributed by atoms with Crippen molar-refractivity contribution >= 4 is 11.6 Å². The van der Waals surface area contributed by atoms with Crippen LogP contribution in [0.5, 0.6) is 0 Å². The predicted molar refractivity (Wildman–Crippen MR) is 48.5 cm³/mol. The quantitative estimate of drug-likeness (QED) is 0.708. The van der Waals surface area contributed by atoms with Crippen molar-refractivity contribution in [3.63, 3.8) is 0 Å². The lowest BCUT2D eigenvalue weighted by atomic mass is 10.0. The third-order valence-electron chi connectivity index (χ3n) is 2.51. The Kier molecular flexibility index (Phi) is 1.99. The molecule has 1 unspecified atom stereocenters. The first-order valence-electron chi connectivity index (χ1n) is 4.42. The monoisotopic (exact) mass is 215 g/mol. The van der Waals surface area contributed by atoms with Crippen LogP contribution in [0.25, 0.3) is 0 Å². The van der Waals surface area contributed by atoms with Crippen LogP contribution in [0.4, 0.5) is 18.9 Å². The number of hydrogen-bond donors (Lipinski definition) is 1. The van der Waals surface area contributed by atoms with Gasteiger partial charge in [-0.15, -0.1) is 0 Å². The Balaban J connectivity index is 2.60. The summed E-state index contributed by atoms with van der Waals surface area (Å²) in [6.45, 7) is 1.58. The molecule has 0 aliphatic carbocycles. The van der Waals surface area contributed by atoms with Crippen LogP contribution < -0.4 is 5.32 Å². The number of carbonyl (C=O) groups is 1. The third kappa shape index (κ3) is 1.48. The molecular weight excluding hydrogens is 207 g/mol. The van der Waals surface area contributed by atoms with Gasteiger partial charge in [0.05, 0.1) is 17.2 Å². The maximum atomic E-state index is 12.5. The molecule has 1 aromatic carbocycles. The molecule has 0 bridgehead atoms. The topological polar surface area (TPSA) is 29.1 Å². The zero-order valence-electron chi connectivity index (χ0n) is 7.85. The number of hydrogen-bond acceptors (Lipinski definition) is 1. The minimum Gasteiger partial charge on any atom is -0.325 e. The van der Waals surface area contributed by atoms with E-state index in [9.17, 15) is 18.0 Å². The lowest BCUT2D eigenvalue weighted by molar-refractivity contribution is -0.136. The highest BCUT2D eigenvalue weighted by Gasteiger charge is 2.38. The summed E-state index contributed by atoms with van der Waals surface area (Å²) in [6, 6.07) is 3.82. The van der Waals surface area contributed by atoms with Crippen molar-refractivity contribution in [3.05, 3.63) is 29.3 Å². The van der Waals surface area contributed by atoms with E-state index in [0.717, 1.165) is 6.07 Å². The summed E-state index contributed by atoms with van der Waals surface area (Å²) in [5, 5.41) is 2.26. The van der Waals surface area contributed by atoms with Gasteiger partial charge in [-0.3, -0.25) is 4.79 Å². The Hall–Kier alpha value is -1.52. The molecule has 0 saturated heterocycles. The average molecular weight is 215 g/mol. The number of benzene rings is 1. The fourth-order valence-corrected chi connectivity index (χ4v) is 1.68. The molecular formula is C10H8F3NO. The molecule has 1 aliphatic rings. The highest BCUT2D eigenvalue weighted by Crippen LogP contribution is 2.42. The van der Waals surface area contributed by atoms with Gasteiger partial charge in [0.15, 0.2) is 0 Å². The first-order valence-corrected chi connectivity index (χ1v) is 4.42. The van der Waals surface area contributed by atoms with Crippen LogP contribution in [-0.2, 0) is 11.0 Å². The minimum absolute atomic E-state index is 0.0949. The highest BCUT2D eigenvalue weighted by atomic mass is 19.4. The average Bonchev–Trinajstić information content (AvgIpc) is 2.41. The second-order valence-corrected chi connectivity index (χ2v) is 3.48. The van der Waals surface area contributed by atoms with Crippen LogP contribution in [-0.4, -0.2) is 5.91 Å². The second-order valence-electron chi connectivity index (χ2n) is 3.48. The molecule has 1 N–H and O–H groups in total. The van der Waals surface area contributed by atoms with E-state index >= 15 is 0 Å². The van der Waals surface area contributed by atoms with E-state index in [0.29, 0.717) is 5.56 Å². The summed E-state index contributed by atoms with van der Waals surface area (Å²) in [5.74, 6) is -0.899. The van der Waals surface area contributed by atoms with E-state index in [1.165, 1.54) is 12.1 Å². The smallest absolute Gasteiger partial charge is 0.325 e. The van der Waals surface area contributed by atoms with Gasteiger partial charge in [-0.05, 0) is 18.6 Å². The van der Waals surface area contributed by atoms with E-state index in [4.69, 9.17) is 0 Å². The largest absolute Gasteiger partial charge is 0.418 e. The standard InChI is InChI=1S/C10H8F3NO/c1-5-6-3-2-4-7(10(11,12)13)8(6)14-9(5)15/h2-5H,1H3,(H,14,15). The Morgan fingerprint density at radius 1 is 1.33 bits per heavy atom. The van der Waals surface area contributed by atoms with Gasteiger partial charge in [0.2, 0.25) is 5.91 Å². The zero-order chi connectivity index (χ0) is 11.2. The molecule has 2 rings (SSSR count). The molecule has 2 nitrogen and oxygen atoms in total. The minimum atomic E-state index is -4.43. The molecule has 80 valence electrons. The normalized spacial score (nSPS) is 20.0. The summed E-state index contributed by atoms with van der Waals surface area (Å²) in [4.78, 5) is 11.2. The van der Waals surface area contributed by atoms with Crippen LogP contribution >= 0.6 is 0 Å². The molecule has 1 atom stereocenters. The second kappa shape index (κ2) is 2.98. The first kappa shape index (κ1) is 10.0. The number of halogens is 3. The van der Waals surface area contributed by atoms with E-state index in [1.54, 1.807) is 6.92 Å². The fraction of sp³-hybridized carbons (Fsp3) is 0.300. The fourth-order valence-electron chi connectivity index (χ4n) is 1.68. The first-order chi connectivity index (χ1) is 6.91. The number of rotatable bonds is 0. The number of fused-ring (bicyclic) bond motifs is 1. The van der Waals surface area contributed by atoms with E-state index in [1.807, 2.05) is 0 Å². The van der Waals surface area contributed by atoms with Crippen LogP contribution in [0.15, 0.2) is 18.2 Å². The van der Waals surface area contributed by atoms with E-state index < -0.39 is 17.7 Å². The molecule has 0 aromatic heterocycles. The van der Waals surface area contributed by atoms with Crippen LogP contribution in [0.2, 0.25) is 0 Å². The van der Waals surface area contributed by atoms with Crippen LogP contribution in [0.1, 0.15) is 24.0 Å². The van der Waals surface area contributed by atoms with E-state index in [2.05, 4.69) is 5.32 Å². The highest BCUT2D eigenvalue weighted by molar-refractivity contribution is 6.03. The third-order valence-corrected chi connectivity index (χ3v) is 2.51. The number of amides is 1. The Morgan fingerprint density at radius 3 is 2.60 bits per heavy atom. The van der Waals surface area contributed by atoms with Gasteiger partial charge >= 0.3 is 6.18 Å². The maximum Gasteiger partial charge on any atom is 0.418 e. The van der Waals surface area contributed by atoms with Gasteiger partial charge < -0.3 is 5.32 Å². The van der Waals surface area contributed by atoms with Crippen molar-refractivity contribution in [2.75, 3.05) is 5.32 Å². The van der Waals surface area contributed by atoms with Gasteiger partial charge in [-0.1, -0.05) is 12.1 Å². The maximum absolute atomic E-state index is 12.5. The molecule has 1 aromatic rings. The molecule has 5 heteroatoms. The summed E-state index contributed by atoms with van der Waals surface area (Å²) in [5.41, 5.74) is -0.463. The summed E-state index contributed by atoms with van der Waals surface area (Å²) >= 11 is 0. The van der Waals surface area contributed by atoms with Crippen molar-refractivity contribution in [1.29, 1.82) is 0 Å². The molecule has 0 radical (unpaired) electrons. The molecule has 0 saturated carbocycles. The number of carbonyl (C=O) groups excluding carboxylic acids is 1. The van der Waals surface area contributed by atoms with Crippen molar-refractivity contribution in [2.45, 2.75) is 19.0 Å². The lowest BCUT2D eigenvalue weighted by Gasteiger charge is -2.11. The Labute approximate surface area is 84.1 Å². The number of nitrogens with one attached hydrogen (secondary N) is 1. The Morgan fingerprint density at radius 2 is 2.00 bits per heavy atom. The van der Waals surface area contributed by atoms with Gasteiger partial charge in [-0.25, -0.2) is 0 Å². The number of alkyl halides is 3. The summed E-state index contributed by atoms with van der Waals surface area (Å²) < 4.78 is 37.6. The molecule has 1 aliphatic heterocycles. The SMILES string of the molecule is CC1C(=O)Nc2c1cccc2C(F)(F)F. The van der Waals surface area contributed by atoms with Gasteiger partial charge in [0, 0.05) is 0 Å². The van der Waals surface area contributed by atoms with Gasteiger partial charge in [0.25, 0.3) is 0 Å². The molecule has 1 amide bonds. The molecule has 0 fully saturated rings. The van der Waals surface area contributed by atoms with Crippen LogP contribution in [0, 0.1) is 0 Å². The van der Waals surface area contributed by atoms with Gasteiger partial charge in [-0.2, -0.15) is 13.2 Å². The van der Waals surface area contributed by atoms with Crippen molar-refractivity contribution in [3.8, 4) is 0 Å². The number of anilines is 1. The molecule has 15 heavy (non-hydrogen) atoms. The Bertz CT molecular complexity index is 425. The van der Waals surface area contributed by atoms with E-state index in [-0.39, 0.29) is 11.6 Å². The zero-order valence-corrected chi connectivity index (χ0v) is 7.85. The predicted octanol–water partition coefficient (Wildman–Crippen LogP) is 2.76. The van der Waals surface area contributed by atoms with Crippen molar-refractivity contribution in [2.24, 2.45) is 0 Å². The molecule has 0 spiro atoms. The van der Waals surface area contributed by atoms with Crippen molar-refractivity contribution < 1.29 is 18.0 Å². The van der Waals surface area contributed by atoms with Gasteiger partial charge in [0.1, 0.15) is 0 Å². The summed E-state index contributed by atoms with van der Waals surface area (Å²) in [6.07, 6.45) is -4.43.